The summed E-state index contributed by atoms with van der Waals surface area (Å²) >= 11 is 5.19. The average Bonchev–Trinajstić information content (AvgIpc) is 2.32. The topological polar surface area (TPSA) is 24.1 Å². The fourth-order valence-electron chi connectivity index (χ4n) is 1.64. The van der Waals surface area contributed by atoms with Crippen LogP contribution >= 0.6 is 12.2 Å². The van der Waals surface area contributed by atoms with Crippen molar-refractivity contribution in [3.63, 3.8) is 0 Å². The van der Waals surface area contributed by atoms with Crippen LogP contribution in [0.2, 0.25) is 0 Å². The van der Waals surface area contributed by atoms with Gasteiger partial charge in [0.05, 0.1) is 0 Å². The molecule has 0 amide bonds. The lowest BCUT2D eigenvalue weighted by Crippen LogP contribution is -2.36. The van der Waals surface area contributed by atoms with E-state index in [1.54, 1.807) is 0 Å². The molecule has 0 aliphatic heterocycles. The maximum atomic E-state index is 5.19. The molecule has 2 N–H and O–H groups in total. The van der Waals surface area contributed by atoms with Crippen molar-refractivity contribution in [2.24, 2.45) is 0 Å². The standard InChI is InChI=1S/C14H22N2S/c1-3-4-10-15-14(17)16-11-9-13-8-6-5-7-12(13)2/h5-8H,3-4,9-11H2,1-2H3,(H2,15,16,17). The minimum Gasteiger partial charge on any atom is -0.363 e. The first kappa shape index (κ1) is 14.0. The number of nitrogens with one attached hydrogen (secondary N) is 2. The predicted octanol–water partition coefficient (Wildman–Crippen LogP) is 2.80. The van der Waals surface area contributed by atoms with Gasteiger partial charge in [0, 0.05) is 13.1 Å². The first-order valence-electron chi connectivity index (χ1n) is 6.30. The smallest absolute Gasteiger partial charge is 0.166 e. The molecular formula is C14H22N2S. The molecule has 0 radical (unpaired) electrons. The zero-order chi connectivity index (χ0) is 12.5. The molecule has 0 spiro atoms. The molecule has 0 saturated heterocycles. The highest BCUT2D eigenvalue weighted by Crippen LogP contribution is 2.06. The Hall–Kier alpha value is -1.09. The van der Waals surface area contributed by atoms with Gasteiger partial charge in [0.2, 0.25) is 0 Å². The molecular weight excluding hydrogens is 228 g/mol. The van der Waals surface area contributed by atoms with Crippen LogP contribution in [-0.4, -0.2) is 18.2 Å². The van der Waals surface area contributed by atoms with E-state index in [0.29, 0.717) is 0 Å². The van der Waals surface area contributed by atoms with Gasteiger partial charge in [-0.1, -0.05) is 37.6 Å². The van der Waals surface area contributed by atoms with Crippen molar-refractivity contribution in [3.05, 3.63) is 35.4 Å². The zero-order valence-electron chi connectivity index (χ0n) is 10.8. The zero-order valence-corrected chi connectivity index (χ0v) is 11.6. The summed E-state index contributed by atoms with van der Waals surface area (Å²) in [7, 11) is 0. The molecule has 0 atom stereocenters. The molecule has 0 unspecified atom stereocenters. The van der Waals surface area contributed by atoms with Gasteiger partial charge in [-0.2, -0.15) is 0 Å². The Balaban J connectivity index is 2.19. The van der Waals surface area contributed by atoms with Crippen LogP contribution in [0, 0.1) is 6.92 Å². The predicted molar refractivity (Wildman–Crippen MR) is 78.4 cm³/mol. The summed E-state index contributed by atoms with van der Waals surface area (Å²) in [5, 5.41) is 7.21. The second kappa shape index (κ2) is 8.07. The van der Waals surface area contributed by atoms with Gasteiger partial charge in [0.25, 0.3) is 0 Å². The number of rotatable bonds is 6. The van der Waals surface area contributed by atoms with E-state index in [0.717, 1.165) is 24.6 Å². The number of hydrogen-bond donors (Lipinski definition) is 2. The van der Waals surface area contributed by atoms with Crippen molar-refractivity contribution >= 4 is 17.3 Å². The molecule has 94 valence electrons. The van der Waals surface area contributed by atoms with Gasteiger partial charge in [-0.05, 0) is 43.1 Å². The summed E-state index contributed by atoms with van der Waals surface area (Å²) in [4.78, 5) is 0. The Labute approximate surface area is 110 Å². The van der Waals surface area contributed by atoms with Crippen molar-refractivity contribution in [2.75, 3.05) is 13.1 Å². The SMILES string of the molecule is CCCCNC(=S)NCCc1ccccc1C. The van der Waals surface area contributed by atoms with Crippen LogP contribution < -0.4 is 10.6 Å². The Bertz CT molecular complexity index is 350. The van der Waals surface area contributed by atoms with E-state index in [1.165, 1.54) is 24.0 Å². The highest BCUT2D eigenvalue weighted by atomic mass is 32.1. The maximum absolute atomic E-state index is 5.19. The van der Waals surface area contributed by atoms with Gasteiger partial charge in [-0.25, -0.2) is 0 Å². The summed E-state index contributed by atoms with van der Waals surface area (Å²) in [5.74, 6) is 0. The van der Waals surface area contributed by atoms with Crippen LogP contribution in [0.1, 0.15) is 30.9 Å². The minimum absolute atomic E-state index is 0.770. The van der Waals surface area contributed by atoms with Crippen LogP contribution in [0.5, 0.6) is 0 Å². The lowest BCUT2D eigenvalue weighted by atomic mass is 10.1. The van der Waals surface area contributed by atoms with Gasteiger partial charge in [0.15, 0.2) is 5.11 Å². The molecule has 2 nitrogen and oxygen atoms in total. The van der Waals surface area contributed by atoms with E-state index in [9.17, 15) is 0 Å². The molecule has 0 aliphatic carbocycles. The molecule has 1 aromatic carbocycles. The Morgan fingerprint density at radius 1 is 1.18 bits per heavy atom. The molecule has 1 aromatic rings. The lowest BCUT2D eigenvalue weighted by Gasteiger charge is -2.10. The molecule has 0 fully saturated rings. The van der Waals surface area contributed by atoms with Crippen molar-refractivity contribution in [2.45, 2.75) is 33.1 Å². The first-order valence-corrected chi connectivity index (χ1v) is 6.71. The summed E-state index contributed by atoms with van der Waals surface area (Å²) < 4.78 is 0. The molecule has 0 bridgehead atoms. The van der Waals surface area contributed by atoms with E-state index in [1.807, 2.05) is 0 Å². The largest absolute Gasteiger partial charge is 0.363 e. The third-order valence-corrected chi connectivity index (χ3v) is 3.05. The molecule has 1 rings (SSSR count). The van der Waals surface area contributed by atoms with E-state index >= 15 is 0 Å². The van der Waals surface area contributed by atoms with Crippen LogP contribution in [0.3, 0.4) is 0 Å². The van der Waals surface area contributed by atoms with Gasteiger partial charge in [0.1, 0.15) is 0 Å². The van der Waals surface area contributed by atoms with Crippen molar-refractivity contribution < 1.29 is 0 Å². The quantitative estimate of drug-likeness (QED) is 0.600. The summed E-state index contributed by atoms with van der Waals surface area (Å²) in [5.41, 5.74) is 2.73. The van der Waals surface area contributed by atoms with Crippen molar-refractivity contribution in [1.29, 1.82) is 0 Å². The molecule has 3 heteroatoms. The molecule has 0 saturated carbocycles. The fraction of sp³-hybridized carbons (Fsp3) is 0.500. The summed E-state index contributed by atoms with van der Waals surface area (Å²) in [6.45, 7) is 6.18. The average molecular weight is 250 g/mol. The molecule has 17 heavy (non-hydrogen) atoms. The van der Waals surface area contributed by atoms with Gasteiger partial charge < -0.3 is 10.6 Å². The molecule has 0 aliphatic rings. The van der Waals surface area contributed by atoms with Crippen LogP contribution in [0.4, 0.5) is 0 Å². The highest BCUT2D eigenvalue weighted by Gasteiger charge is 1.98. The van der Waals surface area contributed by atoms with Crippen LogP contribution in [0.25, 0.3) is 0 Å². The molecule has 0 heterocycles. The Morgan fingerprint density at radius 3 is 2.59 bits per heavy atom. The fourth-order valence-corrected chi connectivity index (χ4v) is 1.85. The third kappa shape index (κ3) is 5.68. The van der Waals surface area contributed by atoms with Crippen LogP contribution in [0.15, 0.2) is 24.3 Å². The van der Waals surface area contributed by atoms with E-state index in [-0.39, 0.29) is 0 Å². The van der Waals surface area contributed by atoms with Gasteiger partial charge in [-0.15, -0.1) is 0 Å². The third-order valence-electron chi connectivity index (χ3n) is 2.76. The maximum Gasteiger partial charge on any atom is 0.166 e. The summed E-state index contributed by atoms with van der Waals surface area (Å²) in [6.07, 6.45) is 3.38. The normalized spacial score (nSPS) is 10.0. The lowest BCUT2D eigenvalue weighted by molar-refractivity contribution is 0.736. The van der Waals surface area contributed by atoms with Gasteiger partial charge in [-0.3, -0.25) is 0 Å². The van der Waals surface area contributed by atoms with Crippen LogP contribution in [-0.2, 0) is 6.42 Å². The van der Waals surface area contributed by atoms with Crippen molar-refractivity contribution in [1.82, 2.24) is 10.6 Å². The molecule has 0 aromatic heterocycles. The van der Waals surface area contributed by atoms with E-state index < -0.39 is 0 Å². The highest BCUT2D eigenvalue weighted by molar-refractivity contribution is 7.80. The van der Waals surface area contributed by atoms with E-state index in [2.05, 4.69) is 48.7 Å². The summed E-state index contributed by atoms with van der Waals surface area (Å²) in [6, 6.07) is 8.47. The Morgan fingerprint density at radius 2 is 1.88 bits per heavy atom. The van der Waals surface area contributed by atoms with Crippen molar-refractivity contribution in [3.8, 4) is 0 Å². The number of benzene rings is 1. The number of aryl methyl sites for hydroxylation is 1. The van der Waals surface area contributed by atoms with Gasteiger partial charge >= 0.3 is 0 Å². The van der Waals surface area contributed by atoms with E-state index in [4.69, 9.17) is 12.2 Å². The number of hydrogen-bond acceptors (Lipinski definition) is 1. The second-order valence-corrected chi connectivity index (χ2v) is 4.62. The minimum atomic E-state index is 0.770. The first-order chi connectivity index (χ1) is 8.24. The Kier molecular flexibility index (Phi) is 6.63. The number of thiocarbonyl (C=S) groups is 1. The number of unbranched alkanes of at least 4 members (excludes halogenated alkanes) is 1. The second-order valence-electron chi connectivity index (χ2n) is 4.21. The monoisotopic (exact) mass is 250 g/mol.